The lowest BCUT2D eigenvalue weighted by Gasteiger charge is -2.18. The number of halogens is 3. The first-order valence-corrected chi connectivity index (χ1v) is 3.70. The summed E-state index contributed by atoms with van der Waals surface area (Å²) in [5, 5.41) is 7.84. The highest BCUT2D eigenvalue weighted by Crippen LogP contribution is 2.20. The maximum absolute atomic E-state index is 13.0. The predicted molar refractivity (Wildman–Crippen MR) is 47.3 cm³/mol. The molecule has 68 valence electrons. The summed E-state index contributed by atoms with van der Waals surface area (Å²) in [6, 6.07) is 1.08. The summed E-state index contributed by atoms with van der Waals surface area (Å²) in [4.78, 5) is 0. The summed E-state index contributed by atoms with van der Waals surface area (Å²) in [5.41, 5.74) is -0.258. The maximum Gasteiger partial charge on any atom is 0.161 e. The largest absolute Gasteiger partial charge is 0.403 e. The Morgan fingerprint density at radius 2 is 1.46 bits per heavy atom. The molecule has 0 aromatic heterocycles. The van der Waals surface area contributed by atoms with E-state index in [1.165, 1.54) is 15.7 Å². The van der Waals surface area contributed by atoms with Gasteiger partial charge in [-0.05, 0) is 6.07 Å². The van der Waals surface area contributed by atoms with Crippen molar-refractivity contribution < 1.29 is 18.3 Å². The molecule has 13 heavy (non-hydrogen) atoms. The highest BCUT2D eigenvalue weighted by molar-refractivity contribution is 6.38. The first-order valence-electron chi connectivity index (χ1n) is 3.70. The van der Waals surface area contributed by atoms with Gasteiger partial charge in [-0.25, -0.2) is 13.2 Å². The Bertz CT molecular complexity index is 335. The molecule has 1 rings (SSSR count). The third kappa shape index (κ3) is 2.06. The molecule has 0 aliphatic rings. The molecule has 0 radical (unpaired) electrons. The van der Waals surface area contributed by atoms with E-state index in [1.807, 2.05) is 0 Å². The van der Waals surface area contributed by atoms with Crippen molar-refractivity contribution in [2.24, 2.45) is 0 Å². The molecule has 0 spiro atoms. The van der Waals surface area contributed by atoms with Crippen LogP contribution in [0, 0.1) is 17.5 Å². The molecule has 0 saturated carbocycles. The molecule has 0 unspecified atom stereocenters. The maximum atomic E-state index is 13.0. The third-order valence-corrected chi connectivity index (χ3v) is 1.67. The van der Waals surface area contributed by atoms with Crippen LogP contribution in [0.15, 0.2) is 12.1 Å². The van der Waals surface area contributed by atoms with Gasteiger partial charge in [0.1, 0.15) is 21.5 Å². The highest BCUT2D eigenvalue weighted by Gasteiger charge is 2.22. The van der Waals surface area contributed by atoms with Crippen molar-refractivity contribution in [3.63, 3.8) is 0 Å². The lowest BCUT2D eigenvalue weighted by atomic mass is 9.61. The van der Waals surface area contributed by atoms with Crippen molar-refractivity contribution in [3.8, 4) is 0 Å². The minimum absolute atomic E-state index is 0.258. The van der Waals surface area contributed by atoms with Crippen molar-refractivity contribution in [3.05, 3.63) is 35.1 Å². The third-order valence-electron chi connectivity index (χ3n) is 1.67. The number of hydrogen-bond acceptors (Lipinski definition) is 1. The minimum atomic E-state index is -1.52. The summed E-state index contributed by atoms with van der Waals surface area (Å²) < 4.78 is 38.0. The van der Waals surface area contributed by atoms with Gasteiger partial charge in [0.2, 0.25) is 0 Å². The smallest absolute Gasteiger partial charge is 0.161 e. The molecular formula is C7H7B2F3O. The van der Waals surface area contributed by atoms with Gasteiger partial charge in [0.15, 0.2) is 11.6 Å². The zero-order chi connectivity index (χ0) is 10.2. The zero-order valence-electron chi connectivity index (χ0n) is 7.24. The van der Waals surface area contributed by atoms with Crippen LogP contribution in [0.1, 0.15) is 5.56 Å². The van der Waals surface area contributed by atoms with E-state index in [0.29, 0.717) is 12.1 Å². The van der Waals surface area contributed by atoms with E-state index in [-0.39, 0.29) is 5.56 Å². The second kappa shape index (κ2) is 3.10. The van der Waals surface area contributed by atoms with Crippen LogP contribution >= 0.6 is 0 Å². The molecule has 0 aliphatic heterocycles. The fourth-order valence-electron chi connectivity index (χ4n) is 0.991. The number of hydrogen-bond donors (Lipinski definition) is 1. The van der Waals surface area contributed by atoms with Gasteiger partial charge in [-0.15, -0.1) is 0 Å². The fraction of sp³-hybridized carbons (Fsp3) is 0.143. The van der Waals surface area contributed by atoms with Gasteiger partial charge in [-0.2, -0.15) is 0 Å². The molecule has 0 fully saturated rings. The molecule has 0 saturated heterocycles. The lowest BCUT2D eigenvalue weighted by Crippen LogP contribution is -2.27. The van der Waals surface area contributed by atoms with Gasteiger partial charge in [-0.3, -0.25) is 0 Å². The topological polar surface area (TPSA) is 20.2 Å². The lowest BCUT2D eigenvalue weighted by molar-refractivity contribution is 0.210. The predicted octanol–water partition coefficient (Wildman–Crippen LogP) is -0.527. The Hall–Kier alpha value is -0.900. The zero-order valence-corrected chi connectivity index (χ0v) is 7.24. The van der Waals surface area contributed by atoms with E-state index < -0.39 is 22.9 Å². The molecule has 1 N–H and O–H groups in total. The van der Waals surface area contributed by atoms with Crippen molar-refractivity contribution in [2.45, 2.75) is 5.40 Å². The number of rotatable bonds is 1. The molecule has 0 bridgehead atoms. The van der Waals surface area contributed by atoms with E-state index in [9.17, 15) is 18.3 Å². The van der Waals surface area contributed by atoms with Gasteiger partial charge in [0, 0.05) is 17.0 Å². The molecule has 1 aromatic carbocycles. The number of benzene rings is 1. The van der Waals surface area contributed by atoms with E-state index in [2.05, 4.69) is 0 Å². The summed E-state index contributed by atoms with van der Waals surface area (Å²) in [7, 11) is 2.59. The van der Waals surface area contributed by atoms with Crippen LogP contribution in [0.3, 0.4) is 0 Å². The van der Waals surface area contributed by atoms with Crippen LogP contribution < -0.4 is 0 Å². The van der Waals surface area contributed by atoms with Crippen LogP contribution in [0.25, 0.3) is 0 Å². The molecule has 1 aromatic rings. The normalized spacial score (nSPS) is 11.7. The van der Waals surface area contributed by atoms with Crippen LogP contribution in [0.5, 0.6) is 0 Å². The average Bonchev–Trinajstić information content (AvgIpc) is 1.94. The van der Waals surface area contributed by atoms with Gasteiger partial charge >= 0.3 is 0 Å². The summed E-state index contributed by atoms with van der Waals surface area (Å²) in [6.07, 6.45) is 0. The quantitative estimate of drug-likeness (QED) is 0.461. The molecule has 0 aliphatic carbocycles. The molecule has 0 amide bonds. The molecule has 1 nitrogen and oxygen atoms in total. The Labute approximate surface area is 75.4 Å². The van der Waals surface area contributed by atoms with Gasteiger partial charge < -0.3 is 5.11 Å². The van der Waals surface area contributed by atoms with Gasteiger partial charge in [0.05, 0.1) is 0 Å². The fourth-order valence-corrected chi connectivity index (χ4v) is 0.991. The summed E-state index contributed by atoms with van der Waals surface area (Å²) in [5.74, 6) is -3.38. The van der Waals surface area contributed by atoms with E-state index in [1.54, 1.807) is 0 Å². The monoisotopic (exact) mass is 186 g/mol. The van der Waals surface area contributed by atoms with Gasteiger partial charge in [0.25, 0.3) is 0 Å². The standard InChI is InChI=1S/C7H7B2F3O/c8-7(9,13)3-1-5(11)6(12)2-4(3)10/h1-2,13H,8-9H2. The summed E-state index contributed by atoms with van der Waals surface area (Å²) >= 11 is 0. The van der Waals surface area contributed by atoms with Crippen LogP contribution in [-0.4, -0.2) is 20.8 Å². The van der Waals surface area contributed by atoms with Crippen molar-refractivity contribution in [1.29, 1.82) is 0 Å². The number of aliphatic hydroxyl groups is 1. The van der Waals surface area contributed by atoms with Crippen molar-refractivity contribution >= 4 is 15.7 Å². The summed E-state index contributed by atoms with van der Waals surface area (Å²) in [6.45, 7) is 0. The molecule has 0 atom stereocenters. The second-order valence-corrected chi connectivity index (χ2v) is 3.31. The SMILES string of the molecule is BC(B)(O)c1cc(F)c(F)cc1F. The molecule has 6 heteroatoms. The van der Waals surface area contributed by atoms with E-state index in [4.69, 9.17) is 0 Å². The molecular weight excluding hydrogens is 179 g/mol. The first kappa shape index (κ1) is 10.2. The van der Waals surface area contributed by atoms with Crippen molar-refractivity contribution in [2.75, 3.05) is 0 Å². The Balaban J connectivity index is 3.32. The van der Waals surface area contributed by atoms with Gasteiger partial charge in [-0.1, -0.05) is 0 Å². The van der Waals surface area contributed by atoms with Crippen LogP contribution in [0.4, 0.5) is 13.2 Å². The Morgan fingerprint density at radius 3 is 1.92 bits per heavy atom. The van der Waals surface area contributed by atoms with Crippen molar-refractivity contribution in [1.82, 2.24) is 0 Å². The van der Waals surface area contributed by atoms with E-state index >= 15 is 0 Å². The Kier molecular flexibility index (Phi) is 2.43. The van der Waals surface area contributed by atoms with Crippen LogP contribution in [0.2, 0.25) is 0 Å². The van der Waals surface area contributed by atoms with E-state index in [0.717, 1.165) is 0 Å². The first-order chi connectivity index (χ1) is 5.82. The Morgan fingerprint density at radius 1 is 1.00 bits per heavy atom. The minimum Gasteiger partial charge on any atom is -0.403 e. The average molecular weight is 186 g/mol. The highest BCUT2D eigenvalue weighted by atomic mass is 19.2. The van der Waals surface area contributed by atoms with Crippen LogP contribution in [-0.2, 0) is 5.40 Å². The molecule has 0 heterocycles. The second-order valence-electron chi connectivity index (χ2n) is 3.31.